The van der Waals surface area contributed by atoms with E-state index >= 15 is 0 Å². The third-order valence-corrected chi connectivity index (χ3v) is 4.81. The molecule has 0 radical (unpaired) electrons. The van der Waals surface area contributed by atoms with Gasteiger partial charge in [-0.2, -0.15) is 0 Å². The van der Waals surface area contributed by atoms with E-state index in [2.05, 4.69) is 35.1 Å². The van der Waals surface area contributed by atoms with Crippen molar-refractivity contribution < 1.29 is 4.79 Å². The second kappa shape index (κ2) is 7.30. The van der Waals surface area contributed by atoms with E-state index in [0.29, 0.717) is 5.92 Å². The van der Waals surface area contributed by atoms with Crippen LogP contribution in [0.4, 0.5) is 0 Å². The Labute approximate surface area is 130 Å². The van der Waals surface area contributed by atoms with Crippen molar-refractivity contribution in [2.45, 2.75) is 52.5 Å². The molecule has 112 valence electrons. The van der Waals surface area contributed by atoms with Crippen LogP contribution in [-0.4, -0.2) is 17.0 Å². The first kappa shape index (κ1) is 15.6. The largest absolute Gasteiger partial charge is 0.350 e. The van der Waals surface area contributed by atoms with E-state index in [-0.39, 0.29) is 5.91 Å². The Balaban J connectivity index is 1.94. The number of nitrogens with zero attached hydrogens (tertiary/aromatic N) is 1. The lowest BCUT2D eigenvalue weighted by Crippen LogP contribution is -2.34. The van der Waals surface area contributed by atoms with Gasteiger partial charge in [-0.05, 0) is 46.7 Å². The number of aryl methyl sites for hydroxylation is 1. The average Bonchev–Trinajstić information content (AvgIpc) is 2.79. The Hall–Kier alpha value is -0.770. The minimum absolute atomic E-state index is 0.0573. The van der Waals surface area contributed by atoms with Crippen molar-refractivity contribution in [2.75, 3.05) is 6.54 Å². The number of aromatic nitrogens is 1. The topological polar surface area (TPSA) is 34.0 Å². The van der Waals surface area contributed by atoms with Crippen LogP contribution in [-0.2, 0) is 6.54 Å². The molecule has 1 heterocycles. The molecule has 3 nitrogen and oxygen atoms in total. The predicted molar refractivity (Wildman–Crippen MR) is 85.9 cm³/mol. The molecule has 1 aromatic heterocycles. The highest BCUT2D eigenvalue weighted by molar-refractivity contribution is 9.10. The molecule has 20 heavy (non-hydrogen) atoms. The summed E-state index contributed by atoms with van der Waals surface area (Å²) in [5.74, 6) is 1.44. The van der Waals surface area contributed by atoms with Crippen LogP contribution < -0.4 is 5.32 Å². The van der Waals surface area contributed by atoms with Crippen molar-refractivity contribution in [1.82, 2.24) is 9.88 Å². The molecule has 1 N–H and O–H groups in total. The zero-order chi connectivity index (χ0) is 14.5. The van der Waals surface area contributed by atoms with Crippen LogP contribution in [0.2, 0.25) is 0 Å². The van der Waals surface area contributed by atoms with Crippen molar-refractivity contribution in [2.24, 2.45) is 11.8 Å². The van der Waals surface area contributed by atoms with Gasteiger partial charge in [-0.15, -0.1) is 0 Å². The Kier molecular flexibility index (Phi) is 5.70. The van der Waals surface area contributed by atoms with Crippen LogP contribution in [0.15, 0.2) is 16.7 Å². The first-order valence-electron chi connectivity index (χ1n) is 7.75. The molecule has 1 aromatic rings. The van der Waals surface area contributed by atoms with Crippen molar-refractivity contribution in [3.63, 3.8) is 0 Å². The van der Waals surface area contributed by atoms with Crippen molar-refractivity contribution >= 4 is 21.8 Å². The number of amides is 1. The smallest absolute Gasteiger partial charge is 0.267 e. The molecule has 1 aliphatic carbocycles. The average molecular weight is 341 g/mol. The zero-order valence-electron chi connectivity index (χ0n) is 12.5. The van der Waals surface area contributed by atoms with Gasteiger partial charge in [-0.3, -0.25) is 4.79 Å². The van der Waals surface area contributed by atoms with Gasteiger partial charge in [0.05, 0.1) is 0 Å². The Bertz CT molecular complexity index is 455. The number of halogens is 1. The minimum atomic E-state index is 0.0573. The molecule has 0 bridgehead atoms. The lowest BCUT2D eigenvalue weighted by molar-refractivity contribution is 0.0927. The number of rotatable bonds is 5. The summed E-state index contributed by atoms with van der Waals surface area (Å²) < 4.78 is 3.01. The van der Waals surface area contributed by atoms with Gasteiger partial charge in [0.25, 0.3) is 5.91 Å². The lowest BCUT2D eigenvalue weighted by atomic mass is 9.80. The van der Waals surface area contributed by atoms with E-state index < -0.39 is 0 Å². The summed E-state index contributed by atoms with van der Waals surface area (Å²) >= 11 is 3.46. The maximum Gasteiger partial charge on any atom is 0.267 e. The standard InChI is InChI=1S/C16H25BrN2O/c1-3-8-19-11-14(17)9-15(19)16(20)18-10-13-7-5-4-6-12(13)2/h9,11-13H,3-8,10H2,1-2H3,(H,18,20). The van der Waals surface area contributed by atoms with Gasteiger partial charge in [0.2, 0.25) is 0 Å². The van der Waals surface area contributed by atoms with Gasteiger partial charge < -0.3 is 9.88 Å². The maximum atomic E-state index is 12.4. The molecule has 0 aliphatic heterocycles. The molecule has 2 rings (SSSR count). The van der Waals surface area contributed by atoms with E-state index in [1.807, 2.05) is 16.8 Å². The number of hydrogen-bond donors (Lipinski definition) is 1. The normalized spacial score (nSPS) is 22.8. The fourth-order valence-corrected chi connectivity index (χ4v) is 3.57. The van der Waals surface area contributed by atoms with Crippen LogP contribution in [0.1, 0.15) is 56.4 Å². The van der Waals surface area contributed by atoms with E-state index in [1.54, 1.807) is 0 Å². The highest BCUT2D eigenvalue weighted by Gasteiger charge is 2.22. The molecule has 4 heteroatoms. The summed E-state index contributed by atoms with van der Waals surface area (Å²) in [6.07, 6.45) is 8.22. The summed E-state index contributed by atoms with van der Waals surface area (Å²) in [7, 11) is 0. The number of hydrogen-bond acceptors (Lipinski definition) is 1. The predicted octanol–water partition coefficient (Wildman–Crippen LogP) is 4.22. The highest BCUT2D eigenvalue weighted by Crippen LogP contribution is 2.29. The van der Waals surface area contributed by atoms with Crippen molar-refractivity contribution in [3.05, 3.63) is 22.4 Å². The Morgan fingerprint density at radius 2 is 2.20 bits per heavy atom. The molecule has 1 saturated carbocycles. The van der Waals surface area contributed by atoms with Gasteiger partial charge in [0.15, 0.2) is 0 Å². The summed E-state index contributed by atoms with van der Waals surface area (Å²) in [4.78, 5) is 12.4. The molecular formula is C16H25BrN2O. The zero-order valence-corrected chi connectivity index (χ0v) is 14.1. The van der Waals surface area contributed by atoms with Crippen LogP contribution in [0.25, 0.3) is 0 Å². The maximum absolute atomic E-state index is 12.4. The Morgan fingerprint density at radius 3 is 2.90 bits per heavy atom. The summed E-state index contributed by atoms with van der Waals surface area (Å²) in [6, 6.07) is 1.91. The lowest BCUT2D eigenvalue weighted by Gasteiger charge is -2.28. The third-order valence-electron chi connectivity index (χ3n) is 4.37. The van der Waals surface area contributed by atoms with Gasteiger partial charge >= 0.3 is 0 Å². The molecule has 1 fully saturated rings. The van der Waals surface area contributed by atoms with Gasteiger partial charge in [-0.1, -0.05) is 33.1 Å². The number of nitrogens with one attached hydrogen (secondary N) is 1. The molecule has 0 saturated heterocycles. The fourth-order valence-electron chi connectivity index (χ4n) is 3.10. The molecular weight excluding hydrogens is 316 g/mol. The van der Waals surface area contributed by atoms with Crippen LogP contribution >= 0.6 is 15.9 Å². The quantitative estimate of drug-likeness (QED) is 0.855. The third kappa shape index (κ3) is 3.87. The molecule has 2 unspecified atom stereocenters. The number of carbonyl (C=O) groups is 1. The molecule has 0 aromatic carbocycles. The van der Waals surface area contributed by atoms with Gasteiger partial charge in [0.1, 0.15) is 5.69 Å². The van der Waals surface area contributed by atoms with Gasteiger partial charge in [0, 0.05) is 23.8 Å². The van der Waals surface area contributed by atoms with Crippen LogP contribution in [0.3, 0.4) is 0 Å². The Morgan fingerprint density at radius 1 is 1.45 bits per heavy atom. The second-order valence-corrected chi connectivity index (χ2v) is 6.88. The SMILES string of the molecule is CCCn1cc(Br)cc1C(=O)NCC1CCCCC1C. The van der Waals surface area contributed by atoms with Crippen LogP contribution in [0, 0.1) is 11.8 Å². The summed E-state index contributed by atoms with van der Waals surface area (Å²) in [6.45, 7) is 6.13. The molecule has 2 atom stereocenters. The highest BCUT2D eigenvalue weighted by atomic mass is 79.9. The van der Waals surface area contributed by atoms with E-state index in [1.165, 1.54) is 25.7 Å². The van der Waals surface area contributed by atoms with E-state index in [4.69, 9.17) is 0 Å². The molecule has 1 aliphatic rings. The fraction of sp³-hybridized carbons (Fsp3) is 0.688. The number of carbonyl (C=O) groups excluding carboxylic acids is 1. The summed E-state index contributed by atoms with van der Waals surface area (Å²) in [5, 5.41) is 3.13. The van der Waals surface area contributed by atoms with Crippen molar-refractivity contribution in [1.29, 1.82) is 0 Å². The minimum Gasteiger partial charge on any atom is -0.350 e. The monoisotopic (exact) mass is 340 g/mol. The molecule has 0 spiro atoms. The van der Waals surface area contributed by atoms with E-state index in [9.17, 15) is 4.79 Å². The first-order valence-corrected chi connectivity index (χ1v) is 8.55. The van der Waals surface area contributed by atoms with Gasteiger partial charge in [-0.25, -0.2) is 0 Å². The molecule has 1 amide bonds. The second-order valence-electron chi connectivity index (χ2n) is 5.97. The summed E-state index contributed by atoms with van der Waals surface area (Å²) in [5.41, 5.74) is 0.766. The van der Waals surface area contributed by atoms with Crippen molar-refractivity contribution in [3.8, 4) is 0 Å². The first-order chi connectivity index (χ1) is 9.61. The van der Waals surface area contributed by atoms with E-state index in [0.717, 1.165) is 35.6 Å². The van der Waals surface area contributed by atoms with Crippen LogP contribution in [0.5, 0.6) is 0 Å².